The molecule has 1 aliphatic heterocycles. The van der Waals surface area contributed by atoms with Crippen LogP contribution in [0.15, 0.2) is 6.07 Å². The van der Waals surface area contributed by atoms with Gasteiger partial charge in [-0.25, -0.2) is 0 Å². The van der Waals surface area contributed by atoms with Crippen molar-refractivity contribution in [1.29, 1.82) is 0 Å². The van der Waals surface area contributed by atoms with E-state index in [2.05, 4.69) is 4.90 Å². The van der Waals surface area contributed by atoms with Crippen LogP contribution in [0.25, 0.3) is 0 Å². The highest BCUT2D eigenvalue weighted by Crippen LogP contribution is 2.33. The van der Waals surface area contributed by atoms with E-state index in [1.165, 1.54) is 11.3 Å². The molecule has 1 fully saturated rings. The van der Waals surface area contributed by atoms with Crippen molar-refractivity contribution in [2.45, 2.75) is 0 Å². The zero-order valence-corrected chi connectivity index (χ0v) is 10.9. The number of hydrogen-bond donors (Lipinski definition) is 1. The summed E-state index contributed by atoms with van der Waals surface area (Å²) >= 11 is 1.46. The lowest BCUT2D eigenvalue weighted by molar-refractivity contribution is 0.0833. The number of amides is 1. The monoisotopic (exact) mass is 255 g/mol. The number of carbonyl (C=O) groups is 1. The number of thiophene rings is 1. The molecule has 1 amide bonds. The SMILES string of the molecule is CN(C)C(=O)c1sc(N2CCOCC2)cc1N. The average molecular weight is 255 g/mol. The van der Waals surface area contributed by atoms with Crippen LogP contribution in [0.5, 0.6) is 0 Å². The van der Waals surface area contributed by atoms with Crippen molar-refractivity contribution in [2.24, 2.45) is 0 Å². The van der Waals surface area contributed by atoms with Gasteiger partial charge < -0.3 is 20.3 Å². The van der Waals surface area contributed by atoms with Gasteiger partial charge in [0.05, 0.1) is 23.9 Å². The number of nitrogen functional groups attached to an aromatic ring is 1. The van der Waals surface area contributed by atoms with E-state index in [9.17, 15) is 4.79 Å². The first-order chi connectivity index (χ1) is 8.09. The normalized spacial score (nSPS) is 16.0. The second-order valence-corrected chi connectivity index (χ2v) is 5.20. The largest absolute Gasteiger partial charge is 0.397 e. The number of anilines is 2. The van der Waals surface area contributed by atoms with Gasteiger partial charge in [-0.15, -0.1) is 11.3 Å². The molecule has 2 rings (SSSR count). The maximum absolute atomic E-state index is 11.9. The summed E-state index contributed by atoms with van der Waals surface area (Å²) in [6.07, 6.45) is 0. The van der Waals surface area contributed by atoms with Crippen molar-refractivity contribution >= 4 is 27.9 Å². The number of nitrogens with zero attached hydrogens (tertiary/aromatic N) is 2. The Balaban J connectivity index is 2.20. The molecule has 5 nitrogen and oxygen atoms in total. The van der Waals surface area contributed by atoms with Crippen molar-refractivity contribution in [3.63, 3.8) is 0 Å². The van der Waals surface area contributed by atoms with Crippen molar-refractivity contribution < 1.29 is 9.53 Å². The van der Waals surface area contributed by atoms with Gasteiger partial charge in [-0.05, 0) is 6.07 Å². The quantitative estimate of drug-likeness (QED) is 0.852. The third-order valence-corrected chi connectivity index (χ3v) is 3.87. The van der Waals surface area contributed by atoms with Crippen molar-refractivity contribution in [3.8, 4) is 0 Å². The molecule has 94 valence electrons. The van der Waals surface area contributed by atoms with Gasteiger partial charge in [0.15, 0.2) is 0 Å². The first-order valence-corrected chi connectivity index (χ1v) is 6.35. The topological polar surface area (TPSA) is 58.8 Å². The van der Waals surface area contributed by atoms with E-state index in [-0.39, 0.29) is 5.91 Å². The van der Waals surface area contributed by atoms with Gasteiger partial charge >= 0.3 is 0 Å². The van der Waals surface area contributed by atoms with Crippen LogP contribution in [0, 0.1) is 0 Å². The van der Waals surface area contributed by atoms with Crippen LogP contribution in [0.4, 0.5) is 10.7 Å². The summed E-state index contributed by atoms with van der Waals surface area (Å²) in [6.45, 7) is 3.18. The number of rotatable bonds is 2. The maximum atomic E-state index is 11.9. The summed E-state index contributed by atoms with van der Waals surface area (Å²) in [6, 6.07) is 1.88. The van der Waals surface area contributed by atoms with Crippen LogP contribution in [-0.4, -0.2) is 51.2 Å². The third kappa shape index (κ3) is 2.53. The molecule has 1 aromatic heterocycles. The summed E-state index contributed by atoms with van der Waals surface area (Å²) in [5, 5.41) is 1.05. The van der Waals surface area contributed by atoms with Crippen LogP contribution in [-0.2, 0) is 4.74 Å². The summed E-state index contributed by atoms with van der Waals surface area (Å²) in [7, 11) is 3.46. The van der Waals surface area contributed by atoms with Gasteiger partial charge in [0.1, 0.15) is 4.88 Å². The van der Waals surface area contributed by atoms with E-state index in [0.29, 0.717) is 10.6 Å². The first-order valence-electron chi connectivity index (χ1n) is 5.53. The lowest BCUT2D eigenvalue weighted by Gasteiger charge is -2.27. The van der Waals surface area contributed by atoms with E-state index in [1.807, 2.05) is 6.07 Å². The summed E-state index contributed by atoms with van der Waals surface area (Å²) in [5.41, 5.74) is 6.46. The number of morpholine rings is 1. The van der Waals surface area contributed by atoms with Gasteiger partial charge in [-0.1, -0.05) is 0 Å². The second kappa shape index (κ2) is 4.93. The van der Waals surface area contributed by atoms with Gasteiger partial charge in [0.25, 0.3) is 5.91 Å². The molecule has 2 N–H and O–H groups in total. The molecule has 0 bridgehead atoms. The van der Waals surface area contributed by atoms with Gasteiger partial charge in [-0.2, -0.15) is 0 Å². The number of carbonyl (C=O) groups excluding carboxylic acids is 1. The zero-order valence-electron chi connectivity index (χ0n) is 10.1. The fraction of sp³-hybridized carbons (Fsp3) is 0.545. The van der Waals surface area contributed by atoms with Crippen molar-refractivity contribution in [1.82, 2.24) is 4.90 Å². The highest BCUT2D eigenvalue weighted by Gasteiger charge is 2.20. The van der Waals surface area contributed by atoms with Crippen LogP contribution in [0.1, 0.15) is 9.67 Å². The molecule has 0 radical (unpaired) electrons. The molecule has 1 aliphatic rings. The van der Waals surface area contributed by atoms with Crippen molar-refractivity contribution in [3.05, 3.63) is 10.9 Å². The Kier molecular flexibility index (Phi) is 3.54. The summed E-state index contributed by atoms with van der Waals surface area (Å²) in [4.78, 5) is 16.2. The van der Waals surface area contributed by atoms with E-state index in [4.69, 9.17) is 10.5 Å². The molecule has 1 saturated heterocycles. The van der Waals surface area contributed by atoms with E-state index in [0.717, 1.165) is 31.3 Å². The fourth-order valence-electron chi connectivity index (χ4n) is 1.70. The van der Waals surface area contributed by atoms with Crippen molar-refractivity contribution in [2.75, 3.05) is 51.0 Å². The first kappa shape index (κ1) is 12.2. The third-order valence-electron chi connectivity index (χ3n) is 2.67. The molecule has 1 aromatic rings. The van der Waals surface area contributed by atoms with Crippen LogP contribution < -0.4 is 10.6 Å². The Hall–Kier alpha value is -1.27. The minimum Gasteiger partial charge on any atom is -0.397 e. The minimum absolute atomic E-state index is 0.0352. The van der Waals surface area contributed by atoms with Gasteiger partial charge in [-0.3, -0.25) is 4.79 Å². The Morgan fingerprint density at radius 2 is 2.12 bits per heavy atom. The molecule has 0 saturated carbocycles. The molecular formula is C11H17N3O2S. The molecule has 0 aromatic carbocycles. The molecule has 17 heavy (non-hydrogen) atoms. The molecule has 0 spiro atoms. The molecule has 0 aliphatic carbocycles. The van der Waals surface area contributed by atoms with E-state index in [1.54, 1.807) is 19.0 Å². The standard InChI is InChI=1S/C11H17N3O2S/c1-13(2)11(15)10-8(12)7-9(17-10)14-3-5-16-6-4-14/h7H,3-6,12H2,1-2H3. The predicted octanol–water partition coefficient (Wildman–Crippen LogP) is 0.869. The van der Waals surface area contributed by atoms with Crippen LogP contribution in [0.3, 0.4) is 0 Å². The maximum Gasteiger partial charge on any atom is 0.265 e. The highest BCUT2D eigenvalue weighted by atomic mass is 32.1. The van der Waals surface area contributed by atoms with Gasteiger partial charge in [0, 0.05) is 27.2 Å². The van der Waals surface area contributed by atoms with E-state index >= 15 is 0 Å². The van der Waals surface area contributed by atoms with Gasteiger partial charge in [0.2, 0.25) is 0 Å². The number of nitrogens with two attached hydrogens (primary N) is 1. The van der Waals surface area contributed by atoms with Crippen LogP contribution >= 0.6 is 11.3 Å². The van der Waals surface area contributed by atoms with Crippen LogP contribution in [0.2, 0.25) is 0 Å². The smallest absolute Gasteiger partial charge is 0.265 e. The zero-order chi connectivity index (χ0) is 12.4. The Morgan fingerprint density at radius 1 is 1.47 bits per heavy atom. The Labute approximate surface area is 105 Å². The average Bonchev–Trinajstić information content (AvgIpc) is 2.71. The lowest BCUT2D eigenvalue weighted by Crippen LogP contribution is -2.35. The summed E-state index contributed by atoms with van der Waals surface area (Å²) in [5.74, 6) is -0.0352. The second-order valence-electron chi connectivity index (χ2n) is 4.17. The Bertz CT molecular complexity index is 411. The highest BCUT2D eigenvalue weighted by molar-refractivity contribution is 7.18. The predicted molar refractivity (Wildman–Crippen MR) is 69.8 cm³/mol. The Morgan fingerprint density at radius 3 is 2.71 bits per heavy atom. The molecule has 6 heteroatoms. The fourth-order valence-corrected chi connectivity index (χ4v) is 2.85. The molecule has 2 heterocycles. The van der Waals surface area contributed by atoms with E-state index < -0.39 is 0 Å². The number of hydrogen-bond acceptors (Lipinski definition) is 5. The summed E-state index contributed by atoms with van der Waals surface area (Å²) < 4.78 is 5.30. The molecule has 0 unspecified atom stereocenters. The number of ether oxygens (including phenoxy) is 1. The lowest BCUT2D eigenvalue weighted by atomic mass is 10.3. The molecular weight excluding hydrogens is 238 g/mol. The molecule has 0 atom stereocenters. The minimum atomic E-state index is -0.0352.